The molecule has 0 aromatic heterocycles. The van der Waals surface area contributed by atoms with Crippen molar-refractivity contribution >= 4 is 11.8 Å². The average Bonchev–Trinajstić information content (AvgIpc) is 2.87. The molecule has 2 aromatic rings. The first-order valence-corrected chi connectivity index (χ1v) is 13.0. The van der Waals surface area contributed by atoms with Gasteiger partial charge in [0.25, 0.3) is 5.91 Å². The van der Waals surface area contributed by atoms with Gasteiger partial charge in [-0.25, -0.2) is 4.39 Å². The second-order valence-corrected chi connectivity index (χ2v) is 10.6. The number of piperazine rings is 1. The summed E-state index contributed by atoms with van der Waals surface area (Å²) in [5.41, 5.74) is 1.38. The molecule has 0 N–H and O–H groups in total. The molecule has 2 amide bonds. The molecule has 0 bridgehead atoms. The maximum Gasteiger partial charge on any atom is 0.254 e. The van der Waals surface area contributed by atoms with Gasteiger partial charge in [0.1, 0.15) is 11.4 Å². The van der Waals surface area contributed by atoms with E-state index < -0.39 is 5.67 Å². The van der Waals surface area contributed by atoms with Gasteiger partial charge in [0.2, 0.25) is 5.91 Å². The molecule has 2 aromatic carbocycles. The van der Waals surface area contributed by atoms with Crippen LogP contribution >= 0.6 is 0 Å². The van der Waals surface area contributed by atoms with Crippen molar-refractivity contribution in [1.29, 1.82) is 0 Å². The van der Waals surface area contributed by atoms with Crippen molar-refractivity contribution in [1.82, 2.24) is 14.7 Å². The second-order valence-electron chi connectivity index (χ2n) is 10.6. The number of piperidine rings is 1. The fourth-order valence-electron chi connectivity index (χ4n) is 5.10. The molecule has 0 atom stereocenters. The molecule has 0 radical (unpaired) electrons. The minimum absolute atomic E-state index is 0.00313. The Morgan fingerprint density at radius 2 is 1.53 bits per heavy atom. The summed E-state index contributed by atoms with van der Waals surface area (Å²) < 4.78 is 20.0. The van der Waals surface area contributed by atoms with Crippen LogP contribution in [0.2, 0.25) is 0 Å². The Hall–Kier alpha value is -2.93. The molecule has 2 aliphatic heterocycles. The Morgan fingerprint density at radius 1 is 0.917 bits per heavy atom. The number of halogens is 1. The number of carbonyl (C=O) groups is 2. The molecule has 7 heteroatoms. The third-order valence-electron chi connectivity index (χ3n) is 7.13. The number of likely N-dealkylation sites (tertiary alicyclic amines) is 1. The van der Waals surface area contributed by atoms with E-state index in [9.17, 15) is 14.0 Å². The van der Waals surface area contributed by atoms with Crippen molar-refractivity contribution in [3.63, 3.8) is 0 Å². The van der Waals surface area contributed by atoms with E-state index in [0.717, 1.165) is 42.8 Å². The Labute approximate surface area is 214 Å². The summed E-state index contributed by atoms with van der Waals surface area (Å²) >= 11 is 0. The first-order valence-electron chi connectivity index (χ1n) is 13.0. The Bertz CT molecular complexity index is 1030. The van der Waals surface area contributed by atoms with Gasteiger partial charge in [0.15, 0.2) is 0 Å². The molecule has 0 saturated carbocycles. The van der Waals surface area contributed by atoms with Gasteiger partial charge in [-0.05, 0) is 75.0 Å². The first-order chi connectivity index (χ1) is 17.2. The Kier molecular flexibility index (Phi) is 8.29. The normalized spacial score (nSPS) is 17.8. The third-order valence-corrected chi connectivity index (χ3v) is 7.13. The zero-order valence-electron chi connectivity index (χ0n) is 21.7. The monoisotopic (exact) mass is 495 g/mol. The molecule has 0 spiro atoms. The van der Waals surface area contributed by atoms with Gasteiger partial charge in [0.05, 0.1) is 6.61 Å². The molecule has 0 unspecified atom stereocenters. The molecular weight excluding hydrogens is 457 g/mol. The van der Waals surface area contributed by atoms with Crippen LogP contribution in [-0.2, 0) is 4.79 Å². The summed E-state index contributed by atoms with van der Waals surface area (Å²) in [6.45, 7) is 10.0. The van der Waals surface area contributed by atoms with Gasteiger partial charge in [-0.1, -0.05) is 30.3 Å². The molecule has 2 fully saturated rings. The van der Waals surface area contributed by atoms with E-state index in [1.165, 1.54) is 0 Å². The summed E-state index contributed by atoms with van der Waals surface area (Å²) in [5.74, 6) is 1.34. The minimum atomic E-state index is -1.15. The summed E-state index contributed by atoms with van der Waals surface area (Å²) in [6, 6.07) is 15.6. The van der Waals surface area contributed by atoms with Gasteiger partial charge in [-0.2, -0.15) is 0 Å². The van der Waals surface area contributed by atoms with Gasteiger partial charge in [-0.3, -0.25) is 9.59 Å². The van der Waals surface area contributed by atoms with Crippen molar-refractivity contribution in [3.05, 3.63) is 54.1 Å². The van der Waals surface area contributed by atoms with Crippen LogP contribution < -0.4 is 4.74 Å². The fourth-order valence-corrected chi connectivity index (χ4v) is 5.10. The molecule has 36 heavy (non-hydrogen) atoms. The molecule has 2 saturated heterocycles. The molecule has 2 heterocycles. The van der Waals surface area contributed by atoms with E-state index in [4.69, 9.17) is 4.74 Å². The van der Waals surface area contributed by atoms with E-state index in [1.54, 1.807) is 25.7 Å². The summed E-state index contributed by atoms with van der Waals surface area (Å²) in [7, 11) is 0. The van der Waals surface area contributed by atoms with Crippen LogP contribution in [0.15, 0.2) is 48.5 Å². The van der Waals surface area contributed by atoms with Gasteiger partial charge >= 0.3 is 0 Å². The van der Waals surface area contributed by atoms with Crippen molar-refractivity contribution < 1.29 is 18.7 Å². The van der Waals surface area contributed by atoms with Gasteiger partial charge < -0.3 is 19.4 Å². The van der Waals surface area contributed by atoms with E-state index in [0.29, 0.717) is 50.8 Å². The molecule has 194 valence electrons. The van der Waals surface area contributed by atoms with Crippen LogP contribution in [0.1, 0.15) is 44.0 Å². The lowest BCUT2D eigenvalue weighted by molar-refractivity contribution is -0.130. The number of hydrogen-bond acceptors (Lipinski definition) is 4. The molecule has 4 rings (SSSR count). The lowest BCUT2D eigenvalue weighted by atomic mass is 9.96. The topological polar surface area (TPSA) is 53.1 Å². The minimum Gasteiger partial charge on any atom is -0.493 e. The second kappa shape index (κ2) is 11.4. The highest BCUT2D eigenvalue weighted by molar-refractivity contribution is 6.01. The highest BCUT2D eigenvalue weighted by Gasteiger charge is 2.26. The van der Waals surface area contributed by atoms with Gasteiger partial charge in [0, 0.05) is 45.2 Å². The maximum atomic E-state index is 13.9. The Morgan fingerprint density at radius 3 is 2.14 bits per heavy atom. The number of nitrogens with zero attached hydrogens (tertiary/aromatic N) is 3. The number of alkyl halides is 1. The highest BCUT2D eigenvalue weighted by Crippen LogP contribution is 2.28. The zero-order valence-corrected chi connectivity index (χ0v) is 21.7. The highest BCUT2D eigenvalue weighted by atomic mass is 19.1. The largest absolute Gasteiger partial charge is 0.493 e. The SMILES string of the molecule is CC(=O)N1CCN(C(=O)c2ccccc2-c2ccc(OCC3CCN(CC(C)(C)F)CC3)cc2)CC1. The van der Waals surface area contributed by atoms with Crippen LogP contribution in [-0.4, -0.2) is 84.6 Å². The third kappa shape index (κ3) is 6.84. The van der Waals surface area contributed by atoms with Crippen LogP contribution in [0.5, 0.6) is 5.75 Å². The van der Waals surface area contributed by atoms with Crippen molar-refractivity contribution in [2.75, 3.05) is 52.4 Å². The van der Waals surface area contributed by atoms with Crippen molar-refractivity contribution in [3.8, 4) is 16.9 Å². The molecule has 0 aliphatic carbocycles. The molecule has 6 nitrogen and oxygen atoms in total. The number of benzene rings is 2. The average molecular weight is 496 g/mol. The van der Waals surface area contributed by atoms with Gasteiger partial charge in [-0.15, -0.1) is 0 Å². The Balaban J connectivity index is 1.33. The number of amides is 2. The number of ether oxygens (including phenoxy) is 1. The predicted molar refractivity (Wildman–Crippen MR) is 140 cm³/mol. The predicted octanol–water partition coefficient (Wildman–Crippen LogP) is 4.50. The van der Waals surface area contributed by atoms with E-state index in [2.05, 4.69) is 4.90 Å². The van der Waals surface area contributed by atoms with Crippen LogP contribution in [0, 0.1) is 5.92 Å². The first kappa shape index (κ1) is 26.1. The smallest absolute Gasteiger partial charge is 0.254 e. The summed E-state index contributed by atoms with van der Waals surface area (Å²) in [6.07, 6.45) is 2.04. The standard InChI is InChI=1S/C29H38FN3O3/c1-22(34)32-16-18-33(19-17-32)28(35)27-7-5-4-6-26(27)24-8-10-25(11-9-24)36-20-23-12-14-31(15-13-23)21-29(2,3)30/h4-11,23H,12-21H2,1-3H3. The maximum absolute atomic E-state index is 13.9. The van der Waals surface area contributed by atoms with Crippen LogP contribution in [0.3, 0.4) is 0 Å². The lowest BCUT2D eigenvalue weighted by Crippen LogP contribution is -2.50. The van der Waals surface area contributed by atoms with E-state index in [1.807, 2.05) is 53.4 Å². The number of carbonyl (C=O) groups excluding carboxylic acids is 2. The lowest BCUT2D eigenvalue weighted by Gasteiger charge is -2.34. The van der Waals surface area contributed by atoms with Crippen LogP contribution in [0.25, 0.3) is 11.1 Å². The van der Waals surface area contributed by atoms with Crippen molar-refractivity contribution in [2.45, 2.75) is 39.3 Å². The van der Waals surface area contributed by atoms with Crippen LogP contribution in [0.4, 0.5) is 4.39 Å². The van der Waals surface area contributed by atoms with E-state index >= 15 is 0 Å². The quantitative estimate of drug-likeness (QED) is 0.568. The number of hydrogen-bond donors (Lipinski definition) is 0. The summed E-state index contributed by atoms with van der Waals surface area (Å²) in [5, 5.41) is 0. The molecule has 2 aliphatic rings. The number of rotatable bonds is 7. The summed E-state index contributed by atoms with van der Waals surface area (Å²) in [4.78, 5) is 30.7. The molecular formula is C29H38FN3O3. The fraction of sp³-hybridized carbons (Fsp3) is 0.517. The zero-order chi connectivity index (χ0) is 25.7. The van der Waals surface area contributed by atoms with E-state index in [-0.39, 0.29) is 11.8 Å². The van der Waals surface area contributed by atoms with Crippen molar-refractivity contribution in [2.24, 2.45) is 5.92 Å².